The van der Waals surface area contributed by atoms with Crippen molar-refractivity contribution in [3.05, 3.63) is 47.8 Å². The molecule has 100 valence electrons. The molecule has 1 unspecified atom stereocenters. The van der Waals surface area contributed by atoms with Crippen LogP contribution in [0.1, 0.15) is 10.4 Å². The summed E-state index contributed by atoms with van der Waals surface area (Å²) >= 11 is 0. The minimum Gasteiger partial charge on any atom is -0.370 e. The summed E-state index contributed by atoms with van der Waals surface area (Å²) in [6, 6.07) is 5.16. The Morgan fingerprint density at radius 3 is 2.63 bits per heavy atom. The third-order valence-corrected chi connectivity index (χ3v) is 2.76. The molecule has 0 aromatic heterocycles. The van der Waals surface area contributed by atoms with Gasteiger partial charge in [-0.2, -0.15) is 0 Å². The van der Waals surface area contributed by atoms with Gasteiger partial charge in [-0.25, -0.2) is 4.39 Å². The second kappa shape index (κ2) is 5.62. The predicted octanol–water partition coefficient (Wildman–Crippen LogP) is 0.272. The Morgan fingerprint density at radius 1 is 1.37 bits per heavy atom. The molecule has 2 amide bonds. The fourth-order valence-electron chi connectivity index (χ4n) is 1.73. The highest BCUT2D eigenvalue weighted by Crippen LogP contribution is 2.07. The number of benzene rings is 1. The van der Waals surface area contributed by atoms with Crippen LogP contribution in [0.4, 0.5) is 4.39 Å². The zero-order valence-electron chi connectivity index (χ0n) is 10.0. The smallest absolute Gasteiger partial charge is 0.251 e. The molecule has 1 aromatic rings. The number of hydrogen-bond donors (Lipinski definition) is 2. The number of aliphatic hydroxyl groups is 1. The van der Waals surface area contributed by atoms with Crippen molar-refractivity contribution in [1.29, 1.82) is 0 Å². The standard InChI is InChI=1S/C13H13FN2O3/c14-10-3-1-9(2-4-10)13(19)15-7-8-16-11(17)5-6-12(16)18/h1-6,11,17H,7-8H2,(H,15,19)/i14-1. The summed E-state index contributed by atoms with van der Waals surface area (Å²) < 4.78 is 12.7. The van der Waals surface area contributed by atoms with Crippen LogP contribution in [0, 0.1) is 5.82 Å². The van der Waals surface area contributed by atoms with Gasteiger partial charge in [0.2, 0.25) is 5.91 Å². The first-order valence-electron chi connectivity index (χ1n) is 5.78. The van der Waals surface area contributed by atoms with E-state index in [0.717, 1.165) is 0 Å². The molecule has 1 aliphatic heterocycles. The molecule has 1 aromatic carbocycles. The van der Waals surface area contributed by atoms with Gasteiger partial charge < -0.3 is 15.3 Å². The molecule has 0 saturated carbocycles. The van der Waals surface area contributed by atoms with Crippen molar-refractivity contribution < 1.29 is 19.1 Å². The van der Waals surface area contributed by atoms with Crippen molar-refractivity contribution in [2.75, 3.05) is 13.1 Å². The largest absolute Gasteiger partial charge is 0.370 e. The zero-order valence-corrected chi connectivity index (χ0v) is 10.0. The highest BCUT2D eigenvalue weighted by molar-refractivity contribution is 5.94. The third kappa shape index (κ3) is 3.17. The minimum absolute atomic E-state index is 0.208. The van der Waals surface area contributed by atoms with Gasteiger partial charge in [-0.15, -0.1) is 0 Å². The molecule has 0 spiro atoms. The number of rotatable bonds is 4. The van der Waals surface area contributed by atoms with Crippen molar-refractivity contribution in [2.45, 2.75) is 6.23 Å². The highest BCUT2D eigenvalue weighted by atomic mass is 18.2. The fraction of sp³-hybridized carbons (Fsp3) is 0.231. The van der Waals surface area contributed by atoms with Crippen LogP contribution in [0.15, 0.2) is 36.4 Å². The van der Waals surface area contributed by atoms with E-state index in [1.165, 1.54) is 41.3 Å². The van der Waals surface area contributed by atoms with E-state index < -0.39 is 12.0 Å². The van der Waals surface area contributed by atoms with Crippen LogP contribution in [0.3, 0.4) is 0 Å². The van der Waals surface area contributed by atoms with Crippen molar-refractivity contribution in [1.82, 2.24) is 10.2 Å². The maximum absolute atomic E-state index is 12.7. The number of halogens is 1. The van der Waals surface area contributed by atoms with Crippen LogP contribution >= 0.6 is 0 Å². The monoisotopic (exact) mass is 263 g/mol. The highest BCUT2D eigenvalue weighted by Gasteiger charge is 2.22. The molecule has 5 nitrogen and oxygen atoms in total. The van der Waals surface area contributed by atoms with E-state index in [1.54, 1.807) is 0 Å². The molecule has 0 aliphatic carbocycles. The van der Waals surface area contributed by atoms with E-state index in [2.05, 4.69) is 5.32 Å². The topological polar surface area (TPSA) is 69.6 Å². The van der Waals surface area contributed by atoms with Crippen LogP contribution in [-0.2, 0) is 4.79 Å². The number of carbonyl (C=O) groups is 2. The molecule has 1 heterocycles. The van der Waals surface area contributed by atoms with Crippen molar-refractivity contribution in [3.8, 4) is 0 Å². The maximum Gasteiger partial charge on any atom is 0.251 e. The average molecular weight is 263 g/mol. The maximum atomic E-state index is 12.7. The van der Waals surface area contributed by atoms with E-state index in [-0.39, 0.29) is 24.9 Å². The molecule has 2 N–H and O–H groups in total. The summed E-state index contributed by atoms with van der Waals surface area (Å²) in [5.41, 5.74) is 0.341. The van der Waals surface area contributed by atoms with Crippen molar-refractivity contribution in [3.63, 3.8) is 0 Å². The van der Waals surface area contributed by atoms with E-state index in [1.807, 2.05) is 0 Å². The Hall–Kier alpha value is -2.21. The Labute approximate surface area is 109 Å². The molecular weight excluding hydrogens is 250 g/mol. The van der Waals surface area contributed by atoms with Gasteiger partial charge in [0, 0.05) is 24.7 Å². The molecule has 2 rings (SSSR count). The van der Waals surface area contributed by atoms with Crippen LogP contribution in [-0.4, -0.2) is 41.1 Å². The molecule has 1 aliphatic rings. The molecule has 6 heteroatoms. The Kier molecular flexibility index (Phi) is 3.91. The molecule has 0 radical (unpaired) electrons. The van der Waals surface area contributed by atoms with Crippen LogP contribution in [0.2, 0.25) is 0 Å². The number of nitrogens with one attached hydrogen (secondary N) is 1. The van der Waals surface area contributed by atoms with Crippen LogP contribution in [0.5, 0.6) is 0 Å². The van der Waals surface area contributed by atoms with E-state index in [4.69, 9.17) is 0 Å². The summed E-state index contributed by atoms with van der Waals surface area (Å²) in [5, 5.41) is 12.0. The summed E-state index contributed by atoms with van der Waals surface area (Å²) in [6.45, 7) is 0.417. The quantitative estimate of drug-likeness (QED) is 0.819. The molecule has 0 fully saturated rings. The minimum atomic E-state index is -0.935. The summed E-state index contributed by atoms with van der Waals surface area (Å²) in [6.07, 6.45) is 1.73. The first kappa shape index (κ1) is 13.2. The van der Waals surface area contributed by atoms with Gasteiger partial charge in [0.1, 0.15) is 12.0 Å². The van der Waals surface area contributed by atoms with E-state index in [9.17, 15) is 19.1 Å². The second-order valence-electron chi connectivity index (χ2n) is 4.07. The van der Waals surface area contributed by atoms with Gasteiger partial charge in [0.05, 0.1) is 0 Å². The number of hydrogen-bond acceptors (Lipinski definition) is 3. The zero-order chi connectivity index (χ0) is 13.8. The van der Waals surface area contributed by atoms with Gasteiger partial charge in [-0.1, -0.05) is 0 Å². The summed E-state index contributed by atoms with van der Waals surface area (Å²) in [4.78, 5) is 24.2. The van der Waals surface area contributed by atoms with E-state index in [0.29, 0.717) is 5.56 Å². The fourth-order valence-corrected chi connectivity index (χ4v) is 1.73. The van der Waals surface area contributed by atoms with Crippen molar-refractivity contribution in [2.24, 2.45) is 0 Å². The molecular formula is C13H13FN2O3. The number of aliphatic hydroxyl groups excluding tert-OH is 1. The van der Waals surface area contributed by atoms with E-state index >= 15 is 0 Å². The van der Waals surface area contributed by atoms with Gasteiger partial charge in [-0.3, -0.25) is 9.59 Å². The lowest BCUT2D eigenvalue weighted by atomic mass is 10.2. The lowest BCUT2D eigenvalue weighted by Crippen LogP contribution is -2.40. The first-order valence-corrected chi connectivity index (χ1v) is 5.78. The van der Waals surface area contributed by atoms with Gasteiger partial charge in [-0.05, 0) is 30.3 Å². The normalized spacial score (nSPS) is 17.9. The Morgan fingerprint density at radius 2 is 2.05 bits per heavy atom. The van der Waals surface area contributed by atoms with Crippen molar-refractivity contribution >= 4 is 11.8 Å². The lowest BCUT2D eigenvalue weighted by Gasteiger charge is -2.20. The first-order chi connectivity index (χ1) is 9.08. The molecule has 0 saturated heterocycles. The summed E-state index contributed by atoms with van der Waals surface area (Å²) in [5.74, 6) is -1.05. The average Bonchev–Trinajstić information content (AvgIpc) is 2.71. The van der Waals surface area contributed by atoms with Crippen LogP contribution < -0.4 is 5.32 Å². The third-order valence-electron chi connectivity index (χ3n) is 2.76. The SMILES string of the molecule is O=C(NCCN1C(=O)C=CC1O)c1ccc([18F])cc1. The van der Waals surface area contributed by atoms with Gasteiger partial charge >= 0.3 is 0 Å². The predicted molar refractivity (Wildman–Crippen MR) is 65.6 cm³/mol. The summed E-state index contributed by atoms with van der Waals surface area (Å²) in [7, 11) is 0. The van der Waals surface area contributed by atoms with Gasteiger partial charge in [0.25, 0.3) is 5.91 Å². The second-order valence-corrected chi connectivity index (χ2v) is 4.07. The van der Waals surface area contributed by atoms with Crippen LogP contribution in [0.25, 0.3) is 0 Å². The lowest BCUT2D eigenvalue weighted by molar-refractivity contribution is -0.130. The number of amides is 2. The molecule has 1 atom stereocenters. The molecule has 0 bridgehead atoms. The Bertz CT molecular complexity index is 513. The Balaban J connectivity index is 1.81. The number of nitrogens with zero attached hydrogens (tertiary/aromatic N) is 1. The number of carbonyl (C=O) groups excluding carboxylic acids is 2. The molecule has 19 heavy (non-hydrogen) atoms. The van der Waals surface area contributed by atoms with Gasteiger partial charge in [0.15, 0.2) is 0 Å².